The monoisotopic (exact) mass is 316 g/mol. The normalized spacial score (nSPS) is 18.6. The molecule has 126 valence electrons. The molecular formula is C19H28N2O2. The lowest BCUT2D eigenvalue weighted by molar-refractivity contribution is -0.121. The van der Waals surface area contributed by atoms with Gasteiger partial charge in [-0.15, -0.1) is 0 Å². The molecule has 0 bridgehead atoms. The van der Waals surface area contributed by atoms with Crippen molar-refractivity contribution >= 4 is 5.91 Å². The van der Waals surface area contributed by atoms with Gasteiger partial charge in [-0.1, -0.05) is 18.2 Å². The van der Waals surface area contributed by atoms with Crippen molar-refractivity contribution in [1.29, 1.82) is 0 Å². The molecule has 1 heterocycles. The van der Waals surface area contributed by atoms with Crippen LogP contribution < -0.4 is 15.4 Å². The van der Waals surface area contributed by atoms with Gasteiger partial charge in [0, 0.05) is 18.5 Å². The number of ether oxygens (including phenoxy) is 1. The highest BCUT2D eigenvalue weighted by Crippen LogP contribution is 2.30. The SMILES string of the molecule is O=C(CCC1CCNCC1)NCc1ccccc1OCC1CC1. The fraction of sp³-hybridized carbons (Fsp3) is 0.632. The smallest absolute Gasteiger partial charge is 0.220 e. The van der Waals surface area contributed by atoms with Gasteiger partial charge in [-0.25, -0.2) is 0 Å². The zero-order valence-corrected chi connectivity index (χ0v) is 13.9. The number of amides is 1. The summed E-state index contributed by atoms with van der Waals surface area (Å²) >= 11 is 0. The van der Waals surface area contributed by atoms with Crippen LogP contribution in [0.3, 0.4) is 0 Å². The van der Waals surface area contributed by atoms with E-state index >= 15 is 0 Å². The first-order valence-corrected chi connectivity index (χ1v) is 8.99. The van der Waals surface area contributed by atoms with E-state index in [2.05, 4.69) is 10.6 Å². The van der Waals surface area contributed by atoms with E-state index in [0.29, 0.717) is 18.9 Å². The molecule has 4 nitrogen and oxygen atoms in total. The van der Waals surface area contributed by atoms with Crippen LogP contribution >= 0.6 is 0 Å². The Labute approximate surface area is 139 Å². The molecule has 1 saturated heterocycles. The third kappa shape index (κ3) is 5.54. The molecule has 1 aliphatic carbocycles. The molecule has 0 atom stereocenters. The molecule has 0 spiro atoms. The van der Waals surface area contributed by atoms with Gasteiger partial charge >= 0.3 is 0 Å². The van der Waals surface area contributed by atoms with E-state index < -0.39 is 0 Å². The molecule has 23 heavy (non-hydrogen) atoms. The van der Waals surface area contributed by atoms with Gasteiger partial charge in [0.25, 0.3) is 0 Å². The van der Waals surface area contributed by atoms with Crippen molar-refractivity contribution in [3.05, 3.63) is 29.8 Å². The minimum Gasteiger partial charge on any atom is -0.493 e. The number of hydrogen-bond donors (Lipinski definition) is 2. The van der Waals surface area contributed by atoms with Crippen LogP contribution in [-0.4, -0.2) is 25.6 Å². The average Bonchev–Trinajstić information content (AvgIpc) is 3.42. The summed E-state index contributed by atoms with van der Waals surface area (Å²) in [4.78, 5) is 12.1. The minimum absolute atomic E-state index is 0.153. The second-order valence-corrected chi connectivity index (χ2v) is 6.87. The van der Waals surface area contributed by atoms with E-state index in [4.69, 9.17) is 4.74 Å². The predicted molar refractivity (Wildman–Crippen MR) is 91.3 cm³/mol. The third-order valence-electron chi connectivity index (χ3n) is 4.86. The summed E-state index contributed by atoms with van der Waals surface area (Å²) in [7, 11) is 0. The summed E-state index contributed by atoms with van der Waals surface area (Å²) < 4.78 is 5.89. The third-order valence-corrected chi connectivity index (χ3v) is 4.86. The van der Waals surface area contributed by atoms with Gasteiger partial charge < -0.3 is 15.4 Å². The largest absolute Gasteiger partial charge is 0.493 e. The van der Waals surface area contributed by atoms with Crippen LogP contribution in [0.1, 0.15) is 44.1 Å². The number of carbonyl (C=O) groups excluding carboxylic acids is 1. The molecule has 1 saturated carbocycles. The Morgan fingerprint density at radius 1 is 1.13 bits per heavy atom. The Balaban J connectivity index is 1.40. The van der Waals surface area contributed by atoms with E-state index in [9.17, 15) is 4.79 Å². The lowest BCUT2D eigenvalue weighted by Gasteiger charge is -2.22. The number of benzene rings is 1. The molecule has 0 unspecified atom stereocenters. The summed E-state index contributed by atoms with van der Waals surface area (Å²) in [6.45, 7) is 3.56. The zero-order valence-electron chi connectivity index (χ0n) is 13.9. The maximum atomic E-state index is 12.1. The number of para-hydroxylation sites is 1. The minimum atomic E-state index is 0.153. The van der Waals surface area contributed by atoms with Crippen LogP contribution in [-0.2, 0) is 11.3 Å². The van der Waals surface area contributed by atoms with Crippen molar-refractivity contribution in [1.82, 2.24) is 10.6 Å². The number of hydrogen-bond acceptors (Lipinski definition) is 3. The first-order chi connectivity index (χ1) is 11.3. The lowest BCUT2D eigenvalue weighted by atomic mass is 9.93. The molecule has 2 N–H and O–H groups in total. The number of nitrogens with one attached hydrogen (secondary N) is 2. The number of carbonyl (C=O) groups is 1. The summed E-state index contributed by atoms with van der Waals surface area (Å²) in [6.07, 6.45) is 6.62. The molecule has 1 amide bonds. The van der Waals surface area contributed by atoms with Gasteiger partial charge in [0.1, 0.15) is 5.75 Å². The summed E-state index contributed by atoms with van der Waals surface area (Å²) in [5.74, 6) is 2.51. The van der Waals surface area contributed by atoms with Gasteiger partial charge in [0.05, 0.1) is 6.61 Å². The maximum absolute atomic E-state index is 12.1. The van der Waals surface area contributed by atoms with Crippen LogP contribution in [0.5, 0.6) is 5.75 Å². The van der Waals surface area contributed by atoms with Crippen molar-refractivity contribution in [3.63, 3.8) is 0 Å². The van der Waals surface area contributed by atoms with Gasteiger partial charge in [0.2, 0.25) is 5.91 Å². The van der Waals surface area contributed by atoms with E-state index in [1.165, 1.54) is 25.7 Å². The lowest BCUT2D eigenvalue weighted by Crippen LogP contribution is -2.29. The summed E-state index contributed by atoms with van der Waals surface area (Å²) in [5.41, 5.74) is 1.07. The van der Waals surface area contributed by atoms with Gasteiger partial charge in [-0.05, 0) is 63.1 Å². The van der Waals surface area contributed by atoms with Crippen molar-refractivity contribution < 1.29 is 9.53 Å². The van der Waals surface area contributed by atoms with Crippen molar-refractivity contribution in [3.8, 4) is 5.75 Å². The molecule has 2 aliphatic rings. The topological polar surface area (TPSA) is 50.4 Å². The molecule has 0 aromatic heterocycles. The summed E-state index contributed by atoms with van der Waals surface area (Å²) in [6, 6.07) is 8.03. The number of rotatable bonds is 8. The van der Waals surface area contributed by atoms with Gasteiger partial charge in [0.15, 0.2) is 0 Å². The van der Waals surface area contributed by atoms with Crippen molar-refractivity contribution in [2.24, 2.45) is 11.8 Å². The first kappa shape index (κ1) is 16.3. The van der Waals surface area contributed by atoms with Crippen molar-refractivity contribution in [2.75, 3.05) is 19.7 Å². The highest BCUT2D eigenvalue weighted by atomic mass is 16.5. The molecule has 1 aromatic carbocycles. The molecule has 0 radical (unpaired) electrons. The second kappa shape index (κ2) is 8.34. The van der Waals surface area contributed by atoms with Crippen LogP contribution in [0.2, 0.25) is 0 Å². The molecule has 4 heteroatoms. The number of piperidine rings is 1. The van der Waals surface area contributed by atoms with E-state index in [1.807, 2.05) is 24.3 Å². The molecule has 1 aromatic rings. The van der Waals surface area contributed by atoms with E-state index in [0.717, 1.165) is 43.3 Å². The Hall–Kier alpha value is -1.55. The molecule has 2 fully saturated rings. The highest BCUT2D eigenvalue weighted by Gasteiger charge is 2.22. The van der Waals surface area contributed by atoms with Crippen molar-refractivity contribution in [2.45, 2.75) is 45.1 Å². The molecular weight excluding hydrogens is 288 g/mol. The maximum Gasteiger partial charge on any atom is 0.220 e. The second-order valence-electron chi connectivity index (χ2n) is 6.87. The Morgan fingerprint density at radius 2 is 1.91 bits per heavy atom. The van der Waals surface area contributed by atoms with Crippen LogP contribution in [0.15, 0.2) is 24.3 Å². The van der Waals surface area contributed by atoms with Crippen LogP contribution in [0.25, 0.3) is 0 Å². The average molecular weight is 316 g/mol. The van der Waals surface area contributed by atoms with E-state index in [-0.39, 0.29) is 5.91 Å². The van der Waals surface area contributed by atoms with Gasteiger partial charge in [-0.3, -0.25) is 4.79 Å². The Kier molecular flexibility index (Phi) is 5.92. The fourth-order valence-corrected chi connectivity index (χ4v) is 3.07. The molecule has 1 aliphatic heterocycles. The van der Waals surface area contributed by atoms with E-state index in [1.54, 1.807) is 0 Å². The quantitative estimate of drug-likeness (QED) is 0.775. The molecule has 3 rings (SSSR count). The zero-order chi connectivity index (χ0) is 15.9. The summed E-state index contributed by atoms with van der Waals surface area (Å²) in [5, 5.41) is 6.41. The standard InChI is InChI=1S/C19H28N2O2/c22-19(8-7-15-9-11-20-12-10-15)21-13-17-3-1-2-4-18(17)23-14-16-5-6-16/h1-4,15-16,20H,5-14H2,(H,21,22). The predicted octanol–water partition coefficient (Wildman–Crippen LogP) is 2.87. The van der Waals surface area contributed by atoms with Gasteiger partial charge in [-0.2, -0.15) is 0 Å². The first-order valence-electron chi connectivity index (χ1n) is 8.99. The Bertz CT molecular complexity index is 508. The van der Waals surface area contributed by atoms with Crippen LogP contribution in [0.4, 0.5) is 0 Å². The highest BCUT2D eigenvalue weighted by molar-refractivity contribution is 5.75. The van der Waals surface area contributed by atoms with Crippen LogP contribution in [0, 0.1) is 11.8 Å². The Morgan fingerprint density at radius 3 is 2.70 bits per heavy atom. The fourth-order valence-electron chi connectivity index (χ4n) is 3.07.